The fraction of sp³-hybridized carbons (Fsp3) is 0.417. The van der Waals surface area contributed by atoms with Gasteiger partial charge in [-0.25, -0.2) is 8.78 Å². The van der Waals surface area contributed by atoms with Crippen molar-refractivity contribution in [1.82, 2.24) is 4.90 Å². The Morgan fingerprint density at radius 3 is 2.45 bits per heavy atom. The normalized spacial score (nSPS) is 11.8. The average molecular weight is 296 g/mol. The smallest absolute Gasteiger partial charge is 0.332 e. The summed E-state index contributed by atoms with van der Waals surface area (Å²) in [5.41, 5.74) is 3.90. The third-order valence-electron chi connectivity index (χ3n) is 2.48. The molecule has 0 bridgehead atoms. The van der Waals surface area contributed by atoms with Gasteiger partial charge in [-0.1, -0.05) is 6.07 Å². The number of nitrogens with zero attached hydrogens (tertiary/aromatic N) is 1. The van der Waals surface area contributed by atoms with Crippen molar-refractivity contribution in [1.29, 1.82) is 0 Å². The quantitative estimate of drug-likeness (QED) is 0.848. The van der Waals surface area contributed by atoms with Gasteiger partial charge in [-0.05, 0) is 18.2 Å². The third-order valence-corrected chi connectivity index (χ3v) is 2.48. The number of carbonyl (C=O) groups excluding carboxylic acids is 1. The molecule has 0 fully saturated rings. The van der Waals surface area contributed by atoms with E-state index in [1.165, 1.54) is 0 Å². The highest BCUT2D eigenvalue weighted by Gasteiger charge is 2.31. The van der Waals surface area contributed by atoms with Crippen LogP contribution in [0.1, 0.15) is 15.9 Å². The van der Waals surface area contributed by atoms with Gasteiger partial charge >= 0.3 is 6.18 Å². The number of benzene rings is 1. The Morgan fingerprint density at radius 1 is 1.30 bits per heavy atom. The zero-order valence-corrected chi connectivity index (χ0v) is 10.3. The molecule has 1 amide bonds. The first kappa shape index (κ1) is 16.4. The van der Waals surface area contributed by atoms with Gasteiger partial charge in [0.05, 0.1) is 12.1 Å². The number of amides is 1. The van der Waals surface area contributed by atoms with Crippen LogP contribution in [0.4, 0.5) is 22.0 Å². The molecule has 1 aromatic rings. The molecule has 0 aliphatic rings. The van der Waals surface area contributed by atoms with E-state index in [1.807, 2.05) is 0 Å². The Balaban J connectivity index is 3.00. The maximum atomic E-state index is 12.5. The van der Waals surface area contributed by atoms with E-state index in [9.17, 15) is 26.7 Å². The minimum atomic E-state index is -4.60. The third kappa shape index (κ3) is 4.44. The molecule has 2 N–H and O–H groups in total. The molecule has 0 aromatic heterocycles. The van der Waals surface area contributed by atoms with Crippen molar-refractivity contribution < 1.29 is 26.7 Å². The van der Waals surface area contributed by atoms with Crippen LogP contribution in [0.15, 0.2) is 24.3 Å². The maximum absolute atomic E-state index is 12.5. The van der Waals surface area contributed by atoms with Crippen LogP contribution in [0.2, 0.25) is 0 Å². The van der Waals surface area contributed by atoms with Gasteiger partial charge in [-0.3, -0.25) is 4.79 Å². The Hall–Kier alpha value is -1.70. The summed E-state index contributed by atoms with van der Waals surface area (Å²) >= 11 is 0. The van der Waals surface area contributed by atoms with Gasteiger partial charge in [0.15, 0.2) is 0 Å². The van der Waals surface area contributed by atoms with Gasteiger partial charge in [0.25, 0.3) is 12.3 Å². The predicted molar refractivity (Wildman–Crippen MR) is 62.4 cm³/mol. The molecule has 3 nitrogen and oxygen atoms in total. The van der Waals surface area contributed by atoms with Crippen LogP contribution < -0.4 is 5.73 Å². The van der Waals surface area contributed by atoms with Crippen LogP contribution in [0.5, 0.6) is 0 Å². The SMILES string of the molecule is NCCN(CC(F)F)C(=O)c1cccc(C(F)(F)F)c1. The topological polar surface area (TPSA) is 46.3 Å². The van der Waals surface area contributed by atoms with Crippen molar-refractivity contribution in [3.63, 3.8) is 0 Å². The van der Waals surface area contributed by atoms with E-state index < -0.39 is 30.6 Å². The van der Waals surface area contributed by atoms with Crippen molar-refractivity contribution in [2.45, 2.75) is 12.6 Å². The number of alkyl halides is 5. The zero-order chi connectivity index (χ0) is 15.3. The number of halogens is 5. The standard InChI is InChI=1S/C12H13F5N2O/c13-10(14)7-19(5-4-18)11(20)8-2-1-3-9(6-8)12(15,16)17/h1-3,6,10H,4-5,7,18H2. The lowest BCUT2D eigenvalue weighted by Gasteiger charge is -2.22. The van der Waals surface area contributed by atoms with Crippen LogP contribution in [-0.4, -0.2) is 36.9 Å². The first-order valence-corrected chi connectivity index (χ1v) is 5.70. The van der Waals surface area contributed by atoms with E-state index in [0.29, 0.717) is 6.07 Å². The second-order valence-electron chi connectivity index (χ2n) is 4.01. The first-order valence-electron chi connectivity index (χ1n) is 5.70. The van der Waals surface area contributed by atoms with Gasteiger partial charge in [0.2, 0.25) is 0 Å². The molecule has 8 heteroatoms. The largest absolute Gasteiger partial charge is 0.416 e. The second-order valence-corrected chi connectivity index (χ2v) is 4.01. The van der Waals surface area contributed by atoms with Gasteiger partial charge < -0.3 is 10.6 Å². The highest BCUT2D eigenvalue weighted by atomic mass is 19.4. The summed E-state index contributed by atoms with van der Waals surface area (Å²) in [6.07, 6.45) is -7.38. The molecular weight excluding hydrogens is 283 g/mol. The molecule has 1 rings (SSSR count). The van der Waals surface area contributed by atoms with E-state index in [0.717, 1.165) is 23.1 Å². The highest BCUT2D eigenvalue weighted by Crippen LogP contribution is 2.29. The van der Waals surface area contributed by atoms with Gasteiger partial charge in [-0.2, -0.15) is 13.2 Å². The van der Waals surface area contributed by atoms with E-state index >= 15 is 0 Å². The Bertz CT molecular complexity index is 461. The van der Waals surface area contributed by atoms with Crippen LogP contribution in [0, 0.1) is 0 Å². The van der Waals surface area contributed by atoms with Crippen molar-refractivity contribution in [2.75, 3.05) is 19.6 Å². The van der Waals surface area contributed by atoms with Crippen molar-refractivity contribution >= 4 is 5.91 Å². The monoisotopic (exact) mass is 296 g/mol. The summed E-state index contributed by atoms with van der Waals surface area (Å²) in [4.78, 5) is 12.7. The number of rotatable bonds is 5. The molecule has 0 spiro atoms. The fourth-order valence-corrected chi connectivity index (χ4v) is 1.61. The minimum absolute atomic E-state index is 0.0581. The zero-order valence-electron chi connectivity index (χ0n) is 10.3. The molecule has 0 saturated heterocycles. The molecule has 0 atom stereocenters. The first-order chi connectivity index (χ1) is 9.25. The maximum Gasteiger partial charge on any atom is 0.416 e. The summed E-state index contributed by atoms with van der Waals surface area (Å²) in [5.74, 6) is -0.901. The predicted octanol–water partition coefficient (Wildman–Crippen LogP) is 2.37. The Kier molecular flexibility index (Phi) is 5.43. The molecule has 20 heavy (non-hydrogen) atoms. The van der Waals surface area contributed by atoms with E-state index in [-0.39, 0.29) is 18.7 Å². The molecule has 0 radical (unpaired) electrons. The average Bonchev–Trinajstić information content (AvgIpc) is 2.36. The highest BCUT2D eigenvalue weighted by molar-refractivity contribution is 5.94. The summed E-state index contributed by atoms with van der Waals surface area (Å²) < 4.78 is 62.3. The number of carbonyl (C=O) groups is 1. The Morgan fingerprint density at radius 2 is 1.95 bits per heavy atom. The number of hydrogen-bond acceptors (Lipinski definition) is 2. The lowest BCUT2D eigenvalue weighted by atomic mass is 10.1. The molecule has 0 aliphatic carbocycles. The van der Waals surface area contributed by atoms with Gasteiger partial charge in [0, 0.05) is 18.7 Å². The van der Waals surface area contributed by atoms with Crippen molar-refractivity contribution in [3.8, 4) is 0 Å². The molecule has 0 unspecified atom stereocenters. The fourth-order valence-electron chi connectivity index (χ4n) is 1.61. The van der Waals surface area contributed by atoms with E-state index in [1.54, 1.807) is 0 Å². The second kappa shape index (κ2) is 6.65. The molecule has 0 saturated carbocycles. The summed E-state index contributed by atoms with van der Waals surface area (Å²) in [6.45, 7) is -1.08. The van der Waals surface area contributed by atoms with Crippen LogP contribution in [-0.2, 0) is 6.18 Å². The minimum Gasteiger partial charge on any atom is -0.332 e. The van der Waals surface area contributed by atoms with E-state index in [4.69, 9.17) is 5.73 Å². The van der Waals surface area contributed by atoms with Gasteiger partial charge in [-0.15, -0.1) is 0 Å². The summed E-state index contributed by atoms with van der Waals surface area (Å²) in [6, 6.07) is 3.64. The van der Waals surface area contributed by atoms with Crippen LogP contribution in [0.3, 0.4) is 0 Å². The van der Waals surface area contributed by atoms with Crippen LogP contribution in [0.25, 0.3) is 0 Å². The van der Waals surface area contributed by atoms with E-state index in [2.05, 4.69) is 0 Å². The number of nitrogens with two attached hydrogens (primary N) is 1. The van der Waals surface area contributed by atoms with Crippen molar-refractivity contribution in [3.05, 3.63) is 35.4 Å². The molecule has 0 heterocycles. The molecule has 1 aromatic carbocycles. The summed E-state index contributed by atoms with van der Waals surface area (Å²) in [7, 11) is 0. The molecule has 0 aliphatic heterocycles. The Labute approximate surface area is 112 Å². The van der Waals surface area contributed by atoms with Crippen molar-refractivity contribution in [2.24, 2.45) is 5.73 Å². The molecule has 112 valence electrons. The summed E-state index contributed by atoms with van der Waals surface area (Å²) in [5, 5.41) is 0. The molecular formula is C12H13F5N2O. The van der Waals surface area contributed by atoms with Crippen LogP contribution >= 0.6 is 0 Å². The number of hydrogen-bond donors (Lipinski definition) is 1. The lowest BCUT2D eigenvalue weighted by molar-refractivity contribution is -0.137. The lowest BCUT2D eigenvalue weighted by Crippen LogP contribution is -2.38. The van der Waals surface area contributed by atoms with Gasteiger partial charge in [0.1, 0.15) is 0 Å².